The van der Waals surface area contributed by atoms with E-state index in [0.717, 1.165) is 0 Å². The zero-order chi connectivity index (χ0) is 14.0. The third kappa shape index (κ3) is 1.92. The molecule has 20 heavy (non-hydrogen) atoms. The van der Waals surface area contributed by atoms with Gasteiger partial charge in [-0.05, 0) is 0 Å². The van der Waals surface area contributed by atoms with Crippen LogP contribution in [0.15, 0.2) is 60.7 Å². The van der Waals surface area contributed by atoms with E-state index >= 15 is 0 Å². The Labute approximate surface area is 117 Å². The Bertz CT molecular complexity index is 592. The summed E-state index contributed by atoms with van der Waals surface area (Å²) < 4.78 is 5.57. The summed E-state index contributed by atoms with van der Waals surface area (Å²) in [7, 11) is 0. The van der Waals surface area contributed by atoms with Crippen molar-refractivity contribution in [2.45, 2.75) is 18.4 Å². The van der Waals surface area contributed by atoms with Crippen molar-refractivity contribution in [3.05, 3.63) is 71.8 Å². The predicted octanol–water partition coefficient (Wildman–Crippen LogP) is 2.84. The molecule has 3 heteroatoms. The van der Waals surface area contributed by atoms with Gasteiger partial charge in [0.1, 0.15) is 0 Å². The molecule has 1 saturated heterocycles. The molecule has 1 fully saturated rings. The number of hydrogen-bond donors (Lipinski definition) is 0. The predicted molar refractivity (Wildman–Crippen MR) is 74.0 cm³/mol. The van der Waals surface area contributed by atoms with E-state index in [1.165, 1.54) is 0 Å². The highest BCUT2D eigenvalue weighted by atomic mass is 16.6. The fourth-order valence-electron chi connectivity index (χ4n) is 2.62. The third-order valence-electron chi connectivity index (χ3n) is 3.58. The van der Waals surface area contributed by atoms with Crippen molar-refractivity contribution in [3.8, 4) is 0 Å². The maximum absolute atomic E-state index is 12.6. The Morgan fingerprint density at radius 2 is 1.25 bits per heavy atom. The number of ether oxygens (including phenoxy) is 1. The quantitative estimate of drug-likeness (QED) is 0.785. The summed E-state index contributed by atoms with van der Waals surface area (Å²) in [5.41, 5.74) is 0.103. The van der Waals surface area contributed by atoms with E-state index in [1.54, 1.807) is 0 Å². The molecular formula is C17H14O3. The minimum absolute atomic E-state index is 0.0745. The first-order valence-corrected chi connectivity index (χ1v) is 6.59. The molecule has 2 aromatic rings. The highest BCUT2D eigenvalue weighted by Gasteiger charge is 2.48. The van der Waals surface area contributed by atoms with Gasteiger partial charge in [0, 0.05) is 17.5 Å². The standard InChI is InChI=1S/C17H14O3/c18-15-11-12-16(19)20-17(15,13-7-3-1-4-8-13)14-9-5-2-6-10-14/h1-10H,11-12H2. The van der Waals surface area contributed by atoms with Crippen LogP contribution < -0.4 is 0 Å². The van der Waals surface area contributed by atoms with E-state index in [0.29, 0.717) is 11.1 Å². The fraction of sp³-hybridized carbons (Fsp3) is 0.176. The smallest absolute Gasteiger partial charge is 0.307 e. The van der Waals surface area contributed by atoms with E-state index in [-0.39, 0.29) is 24.6 Å². The number of hydrogen-bond acceptors (Lipinski definition) is 3. The number of esters is 1. The molecule has 0 atom stereocenters. The maximum Gasteiger partial charge on any atom is 0.307 e. The van der Waals surface area contributed by atoms with Gasteiger partial charge < -0.3 is 4.74 Å². The topological polar surface area (TPSA) is 43.4 Å². The number of ketones is 1. The molecule has 3 rings (SSSR count). The lowest BCUT2D eigenvalue weighted by Crippen LogP contribution is -2.45. The Morgan fingerprint density at radius 1 is 0.750 bits per heavy atom. The number of benzene rings is 2. The van der Waals surface area contributed by atoms with Crippen molar-refractivity contribution < 1.29 is 14.3 Å². The van der Waals surface area contributed by atoms with E-state index in [4.69, 9.17) is 4.74 Å². The number of carbonyl (C=O) groups is 2. The minimum atomic E-state index is -1.29. The number of cyclic esters (lactones) is 1. The van der Waals surface area contributed by atoms with Crippen molar-refractivity contribution in [2.24, 2.45) is 0 Å². The Hall–Kier alpha value is -2.42. The van der Waals surface area contributed by atoms with Gasteiger partial charge in [-0.1, -0.05) is 60.7 Å². The van der Waals surface area contributed by atoms with Gasteiger partial charge in [0.05, 0.1) is 6.42 Å². The first-order chi connectivity index (χ1) is 9.73. The Morgan fingerprint density at radius 3 is 1.75 bits per heavy atom. The van der Waals surface area contributed by atoms with Gasteiger partial charge in [-0.2, -0.15) is 0 Å². The lowest BCUT2D eigenvalue weighted by Gasteiger charge is -2.36. The van der Waals surface area contributed by atoms with Crippen LogP contribution in [0.3, 0.4) is 0 Å². The zero-order valence-electron chi connectivity index (χ0n) is 10.9. The second-order valence-corrected chi connectivity index (χ2v) is 4.81. The average molecular weight is 266 g/mol. The molecule has 0 bridgehead atoms. The number of rotatable bonds is 2. The van der Waals surface area contributed by atoms with Gasteiger partial charge in [-0.15, -0.1) is 0 Å². The molecule has 3 nitrogen and oxygen atoms in total. The maximum atomic E-state index is 12.6. The van der Waals surface area contributed by atoms with Gasteiger partial charge in [0.2, 0.25) is 5.60 Å². The van der Waals surface area contributed by atoms with Crippen LogP contribution in [0.5, 0.6) is 0 Å². The summed E-state index contributed by atoms with van der Waals surface area (Å²) in [5.74, 6) is -0.410. The molecule has 0 N–H and O–H groups in total. The van der Waals surface area contributed by atoms with Crippen LogP contribution in [0.1, 0.15) is 24.0 Å². The number of Topliss-reactive ketones (excluding diaryl/α,β-unsaturated/α-hetero) is 1. The van der Waals surface area contributed by atoms with Gasteiger partial charge in [-0.3, -0.25) is 9.59 Å². The van der Waals surface area contributed by atoms with Crippen molar-refractivity contribution in [1.29, 1.82) is 0 Å². The Kier molecular flexibility index (Phi) is 3.11. The third-order valence-corrected chi connectivity index (χ3v) is 3.58. The lowest BCUT2D eigenvalue weighted by molar-refractivity contribution is -0.171. The monoisotopic (exact) mass is 266 g/mol. The molecule has 0 radical (unpaired) electrons. The zero-order valence-corrected chi connectivity index (χ0v) is 10.9. The summed E-state index contributed by atoms with van der Waals surface area (Å²) in [5, 5.41) is 0. The first kappa shape index (κ1) is 12.6. The van der Waals surface area contributed by atoms with Crippen LogP contribution in [0.4, 0.5) is 0 Å². The van der Waals surface area contributed by atoms with Crippen molar-refractivity contribution >= 4 is 11.8 Å². The van der Waals surface area contributed by atoms with Gasteiger partial charge in [-0.25, -0.2) is 0 Å². The summed E-state index contributed by atoms with van der Waals surface area (Å²) in [4.78, 5) is 24.4. The normalized spacial score (nSPS) is 17.6. The molecule has 0 unspecified atom stereocenters. The van der Waals surface area contributed by atoms with Crippen molar-refractivity contribution in [1.82, 2.24) is 0 Å². The molecule has 0 saturated carbocycles. The van der Waals surface area contributed by atoms with E-state index in [2.05, 4.69) is 0 Å². The van der Waals surface area contributed by atoms with E-state index in [9.17, 15) is 9.59 Å². The van der Waals surface area contributed by atoms with Crippen LogP contribution in [-0.2, 0) is 19.9 Å². The van der Waals surface area contributed by atoms with E-state index < -0.39 is 5.60 Å². The second kappa shape index (κ2) is 4.93. The molecule has 2 aromatic carbocycles. The van der Waals surface area contributed by atoms with Gasteiger partial charge in [0.15, 0.2) is 5.78 Å². The summed E-state index contributed by atoms with van der Waals surface area (Å²) in [6, 6.07) is 18.4. The van der Waals surface area contributed by atoms with E-state index in [1.807, 2.05) is 60.7 Å². The van der Waals surface area contributed by atoms with Crippen molar-refractivity contribution in [2.75, 3.05) is 0 Å². The highest BCUT2D eigenvalue weighted by Crippen LogP contribution is 2.39. The van der Waals surface area contributed by atoms with Crippen LogP contribution in [0.25, 0.3) is 0 Å². The molecule has 1 aliphatic heterocycles. The van der Waals surface area contributed by atoms with Crippen LogP contribution >= 0.6 is 0 Å². The molecule has 0 aromatic heterocycles. The minimum Gasteiger partial charge on any atom is -0.441 e. The fourth-order valence-corrected chi connectivity index (χ4v) is 2.62. The molecular weight excluding hydrogens is 252 g/mol. The largest absolute Gasteiger partial charge is 0.441 e. The lowest BCUT2D eigenvalue weighted by atomic mass is 9.79. The van der Waals surface area contributed by atoms with Crippen LogP contribution in [0, 0.1) is 0 Å². The summed E-state index contributed by atoms with van der Waals surface area (Å²) in [6.45, 7) is 0. The number of carbonyl (C=O) groups excluding carboxylic acids is 2. The molecule has 0 spiro atoms. The molecule has 100 valence electrons. The molecule has 0 amide bonds. The van der Waals surface area contributed by atoms with Gasteiger partial charge >= 0.3 is 5.97 Å². The summed E-state index contributed by atoms with van der Waals surface area (Å²) in [6.07, 6.45) is 0.364. The van der Waals surface area contributed by atoms with Gasteiger partial charge in [0.25, 0.3) is 0 Å². The molecule has 1 aliphatic rings. The van der Waals surface area contributed by atoms with Crippen LogP contribution in [0.2, 0.25) is 0 Å². The SMILES string of the molecule is O=C1CCC(=O)C(c2ccccc2)(c2ccccc2)O1. The second-order valence-electron chi connectivity index (χ2n) is 4.81. The molecule has 0 aliphatic carbocycles. The van der Waals surface area contributed by atoms with Crippen LogP contribution in [-0.4, -0.2) is 11.8 Å². The summed E-state index contributed by atoms with van der Waals surface area (Å²) >= 11 is 0. The average Bonchev–Trinajstić information content (AvgIpc) is 2.51. The highest BCUT2D eigenvalue weighted by molar-refractivity contribution is 5.98. The first-order valence-electron chi connectivity index (χ1n) is 6.59. The Balaban J connectivity index is 2.22. The van der Waals surface area contributed by atoms with Crippen molar-refractivity contribution in [3.63, 3.8) is 0 Å². The molecule has 1 heterocycles.